The predicted molar refractivity (Wildman–Crippen MR) is 118 cm³/mol. The Morgan fingerprint density at radius 2 is 1.90 bits per heavy atom. The third-order valence-corrected chi connectivity index (χ3v) is 13.9. The van der Waals surface area contributed by atoms with Crippen molar-refractivity contribution < 1.29 is 14.0 Å². The molecule has 5 aliphatic rings. The van der Waals surface area contributed by atoms with E-state index in [1.54, 1.807) is 12.2 Å². The zero-order chi connectivity index (χ0) is 20.9. The van der Waals surface area contributed by atoms with Gasteiger partial charge in [0.2, 0.25) is 0 Å². The smallest absolute Gasteiger partial charge is 0.192 e. The SMILES string of the molecule is CC(C)(C)[Si](C)(C)O[C@H]1CC[C@@H]2[C@]1(C)CCC1=CC3=CC(=O)C=C[C@]34CC[C@@]12O4. The lowest BCUT2D eigenvalue weighted by Crippen LogP contribution is -2.56. The highest BCUT2D eigenvalue weighted by molar-refractivity contribution is 6.74. The summed E-state index contributed by atoms with van der Waals surface area (Å²) in [6.07, 6.45) is 14.8. The van der Waals surface area contributed by atoms with Gasteiger partial charge in [0.1, 0.15) is 5.60 Å². The Balaban J connectivity index is 1.50. The first-order chi connectivity index (χ1) is 13.4. The number of ether oxygens (including phenoxy) is 1. The fourth-order valence-electron chi connectivity index (χ4n) is 6.64. The summed E-state index contributed by atoms with van der Waals surface area (Å²) < 4.78 is 14.1. The number of rotatable bonds is 2. The van der Waals surface area contributed by atoms with Crippen molar-refractivity contribution in [3.05, 3.63) is 35.5 Å². The van der Waals surface area contributed by atoms with Gasteiger partial charge in [0.15, 0.2) is 14.1 Å². The number of hydrogen-bond donors (Lipinski definition) is 0. The minimum absolute atomic E-state index is 0.0924. The van der Waals surface area contributed by atoms with Crippen LogP contribution >= 0.6 is 0 Å². The second kappa shape index (κ2) is 5.83. The van der Waals surface area contributed by atoms with Crippen LogP contribution in [0.4, 0.5) is 0 Å². The van der Waals surface area contributed by atoms with E-state index in [1.807, 2.05) is 6.08 Å². The predicted octanol–water partition coefficient (Wildman–Crippen LogP) is 5.88. The molecule has 2 bridgehead atoms. The first kappa shape index (κ1) is 20.0. The van der Waals surface area contributed by atoms with Crippen molar-refractivity contribution in [2.24, 2.45) is 11.3 Å². The van der Waals surface area contributed by atoms with E-state index in [1.165, 1.54) is 12.0 Å². The molecule has 0 amide bonds. The summed E-state index contributed by atoms with van der Waals surface area (Å²) in [4.78, 5) is 12.0. The molecule has 2 heterocycles. The number of allylic oxidation sites excluding steroid dienone is 2. The molecule has 0 aromatic rings. The number of ketones is 1. The van der Waals surface area contributed by atoms with Crippen molar-refractivity contribution in [2.45, 2.75) is 102 Å². The van der Waals surface area contributed by atoms with Crippen LogP contribution in [0, 0.1) is 11.3 Å². The molecular weight excluding hydrogens is 376 g/mol. The molecule has 2 saturated carbocycles. The minimum atomic E-state index is -1.81. The van der Waals surface area contributed by atoms with Crippen LogP contribution in [0.2, 0.25) is 18.1 Å². The average molecular weight is 413 g/mol. The van der Waals surface area contributed by atoms with Gasteiger partial charge in [-0.1, -0.05) is 33.8 Å². The highest BCUT2D eigenvalue weighted by Gasteiger charge is 2.67. The average Bonchev–Trinajstić information content (AvgIpc) is 3.11. The molecular formula is C25H36O3Si. The number of fused-ring (bicyclic) bond motifs is 1. The lowest BCUT2D eigenvalue weighted by atomic mass is 9.58. The zero-order valence-electron chi connectivity index (χ0n) is 18.9. The van der Waals surface area contributed by atoms with Crippen molar-refractivity contribution in [1.82, 2.24) is 0 Å². The summed E-state index contributed by atoms with van der Waals surface area (Å²) in [6, 6.07) is 0. The normalized spacial score (nSPS) is 43.4. The molecule has 158 valence electrons. The Labute approximate surface area is 176 Å². The third-order valence-electron chi connectivity index (χ3n) is 9.40. The minimum Gasteiger partial charge on any atom is -0.413 e. The van der Waals surface area contributed by atoms with Gasteiger partial charge in [-0.05, 0) is 97.4 Å². The van der Waals surface area contributed by atoms with Crippen LogP contribution in [0.15, 0.2) is 35.5 Å². The van der Waals surface area contributed by atoms with Gasteiger partial charge >= 0.3 is 0 Å². The fourth-order valence-corrected chi connectivity index (χ4v) is 8.09. The van der Waals surface area contributed by atoms with Crippen LogP contribution in [0.5, 0.6) is 0 Å². The third kappa shape index (κ3) is 2.58. The van der Waals surface area contributed by atoms with Crippen LogP contribution in [0.3, 0.4) is 0 Å². The molecule has 4 heteroatoms. The van der Waals surface area contributed by atoms with E-state index in [4.69, 9.17) is 9.16 Å². The number of carbonyl (C=O) groups excluding carboxylic acids is 1. The molecule has 29 heavy (non-hydrogen) atoms. The molecule has 2 aliphatic heterocycles. The van der Waals surface area contributed by atoms with E-state index in [2.05, 4.69) is 46.9 Å². The lowest BCUT2D eigenvalue weighted by molar-refractivity contribution is -0.133. The molecule has 0 unspecified atom stereocenters. The Bertz CT molecular complexity index is 860. The highest BCUT2D eigenvalue weighted by Crippen LogP contribution is 2.67. The van der Waals surface area contributed by atoms with Gasteiger partial charge in [0.05, 0.1) is 11.7 Å². The summed E-state index contributed by atoms with van der Waals surface area (Å²) in [5, 5.41) is 0.233. The van der Waals surface area contributed by atoms with E-state index in [0.717, 1.165) is 37.7 Å². The van der Waals surface area contributed by atoms with Gasteiger partial charge in [-0.15, -0.1) is 0 Å². The van der Waals surface area contributed by atoms with E-state index >= 15 is 0 Å². The Kier molecular flexibility index (Phi) is 4.01. The van der Waals surface area contributed by atoms with Crippen LogP contribution in [-0.2, 0) is 14.0 Å². The van der Waals surface area contributed by atoms with Gasteiger partial charge < -0.3 is 9.16 Å². The largest absolute Gasteiger partial charge is 0.413 e. The maximum Gasteiger partial charge on any atom is 0.192 e. The Morgan fingerprint density at radius 1 is 1.14 bits per heavy atom. The van der Waals surface area contributed by atoms with Crippen LogP contribution in [0.1, 0.15) is 66.2 Å². The summed E-state index contributed by atoms with van der Waals surface area (Å²) >= 11 is 0. The fraction of sp³-hybridized carbons (Fsp3) is 0.720. The molecule has 3 fully saturated rings. The van der Waals surface area contributed by atoms with Crippen molar-refractivity contribution in [1.29, 1.82) is 0 Å². The second-order valence-corrected chi connectivity index (χ2v) is 16.6. The molecule has 1 saturated heterocycles. The molecule has 5 atom stereocenters. The quantitative estimate of drug-likeness (QED) is 0.531. The van der Waals surface area contributed by atoms with Crippen LogP contribution in [-0.4, -0.2) is 31.4 Å². The first-order valence-corrected chi connectivity index (χ1v) is 14.4. The van der Waals surface area contributed by atoms with Gasteiger partial charge in [0, 0.05) is 0 Å². The van der Waals surface area contributed by atoms with E-state index in [-0.39, 0.29) is 27.4 Å². The zero-order valence-corrected chi connectivity index (χ0v) is 19.9. The summed E-state index contributed by atoms with van der Waals surface area (Å²) in [5.74, 6) is 0.603. The molecule has 0 N–H and O–H groups in total. The monoisotopic (exact) mass is 412 g/mol. The molecule has 3 aliphatic carbocycles. The highest BCUT2D eigenvalue weighted by atomic mass is 28.4. The van der Waals surface area contributed by atoms with E-state index in [0.29, 0.717) is 12.0 Å². The topological polar surface area (TPSA) is 35.5 Å². The van der Waals surface area contributed by atoms with Gasteiger partial charge in [-0.25, -0.2) is 0 Å². The van der Waals surface area contributed by atoms with Crippen molar-refractivity contribution >= 4 is 14.1 Å². The number of carbonyl (C=O) groups is 1. The standard InChI is InChI=1S/C25H36O3Si/c1-22(2,3)29(5,6)27-21-8-7-20-23(21,4)11-9-17-15-18-16-19(26)10-12-24(18)13-14-25(17,20)28-24/h10,12,15-16,20-21H,7-9,11,13-14H2,1-6H3/t20-,21+,23+,24+,25-/m1/s1. The lowest BCUT2D eigenvalue weighted by Gasteiger charge is -2.55. The van der Waals surface area contributed by atoms with E-state index in [9.17, 15) is 4.79 Å². The maximum absolute atomic E-state index is 12.0. The molecule has 0 radical (unpaired) electrons. The van der Waals surface area contributed by atoms with Crippen molar-refractivity contribution in [3.8, 4) is 0 Å². The molecule has 5 rings (SSSR count). The molecule has 3 nitrogen and oxygen atoms in total. The Hall–Kier alpha value is -0.973. The van der Waals surface area contributed by atoms with Gasteiger partial charge in [-0.2, -0.15) is 0 Å². The second-order valence-electron chi connectivity index (χ2n) is 11.9. The summed E-state index contributed by atoms with van der Waals surface area (Å²) in [7, 11) is -1.81. The van der Waals surface area contributed by atoms with Gasteiger partial charge in [0.25, 0.3) is 0 Å². The molecule has 0 aromatic heterocycles. The Morgan fingerprint density at radius 3 is 2.62 bits per heavy atom. The van der Waals surface area contributed by atoms with E-state index < -0.39 is 8.32 Å². The maximum atomic E-state index is 12.0. The number of hydrogen-bond acceptors (Lipinski definition) is 3. The first-order valence-electron chi connectivity index (χ1n) is 11.5. The van der Waals surface area contributed by atoms with Crippen molar-refractivity contribution in [3.63, 3.8) is 0 Å². The summed E-state index contributed by atoms with van der Waals surface area (Å²) in [5.41, 5.74) is 2.18. The molecule has 2 spiro atoms. The molecule has 0 aromatic carbocycles. The van der Waals surface area contributed by atoms with Gasteiger partial charge in [-0.3, -0.25) is 4.79 Å². The summed E-state index contributed by atoms with van der Waals surface area (Å²) in [6.45, 7) is 14.3. The van der Waals surface area contributed by atoms with Crippen molar-refractivity contribution in [2.75, 3.05) is 0 Å². The van der Waals surface area contributed by atoms with Crippen LogP contribution < -0.4 is 0 Å². The van der Waals surface area contributed by atoms with Crippen LogP contribution in [0.25, 0.3) is 0 Å².